The van der Waals surface area contributed by atoms with Crippen molar-refractivity contribution in [1.29, 1.82) is 0 Å². The van der Waals surface area contributed by atoms with Crippen molar-refractivity contribution in [1.82, 2.24) is 14.3 Å². The number of hydrogen-bond donors (Lipinski definition) is 1. The van der Waals surface area contributed by atoms with E-state index in [0.29, 0.717) is 70.1 Å². The van der Waals surface area contributed by atoms with Gasteiger partial charge in [0.15, 0.2) is 17.3 Å². The van der Waals surface area contributed by atoms with E-state index < -0.39 is 15.8 Å². The van der Waals surface area contributed by atoms with Crippen molar-refractivity contribution in [2.75, 3.05) is 38.4 Å². The van der Waals surface area contributed by atoms with E-state index in [2.05, 4.69) is 31.2 Å². The summed E-state index contributed by atoms with van der Waals surface area (Å²) in [6, 6.07) is 6.77. The SMILES string of the molecule is COc1cc2c(Nc3ccc(Br)c(Cl)c3F)ncnc2cc1OC[C@H]1C[C@@H]2CN(S(C)(=O)=O)C[C@@H]2C1. The Bertz CT molecular complexity index is 1410. The second kappa shape index (κ2) is 9.92. The molecule has 3 atom stereocenters. The van der Waals surface area contributed by atoms with Crippen LogP contribution in [0.5, 0.6) is 11.5 Å². The molecule has 2 aromatic carbocycles. The maximum Gasteiger partial charge on any atom is 0.211 e. The number of halogens is 3. The maximum atomic E-state index is 14.6. The molecule has 36 heavy (non-hydrogen) atoms. The zero-order valence-electron chi connectivity index (χ0n) is 19.7. The Kier molecular flexibility index (Phi) is 7.01. The molecule has 12 heteroatoms. The van der Waals surface area contributed by atoms with Crippen LogP contribution in [-0.2, 0) is 10.0 Å². The number of fused-ring (bicyclic) bond motifs is 2. The summed E-state index contributed by atoms with van der Waals surface area (Å²) in [7, 11) is -1.58. The zero-order valence-corrected chi connectivity index (χ0v) is 22.8. The number of anilines is 2. The summed E-state index contributed by atoms with van der Waals surface area (Å²) in [6.45, 7) is 1.69. The van der Waals surface area contributed by atoms with E-state index >= 15 is 0 Å². The highest BCUT2D eigenvalue weighted by Gasteiger charge is 2.43. The molecule has 1 aliphatic heterocycles. The fraction of sp³-hybridized carbons (Fsp3) is 0.417. The number of nitrogens with one attached hydrogen (secondary N) is 1. The number of sulfonamides is 1. The van der Waals surface area contributed by atoms with Gasteiger partial charge in [-0.1, -0.05) is 11.6 Å². The van der Waals surface area contributed by atoms with Crippen LogP contribution in [0.25, 0.3) is 10.9 Å². The van der Waals surface area contributed by atoms with Crippen LogP contribution in [0, 0.1) is 23.6 Å². The molecule has 0 radical (unpaired) electrons. The lowest BCUT2D eigenvalue weighted by molar-refractivity contribution is 0.231. The second-order valence-electron chi connectivity index (χ2n) is 9.34. The van der Waals surface area contributed by atoms with Crippen LogP contribution in [0.1, 0.15) is 12.8 Å². The van der Waals surface area contributed by atoms with E-state index in [1.807, 2.05) is 0 Å². The smallest absolute Gasteiger partial charge is 0.211 e. The Morgan fingerprint density at radius 1 is 1.19 bits per heavy atom. The third kappa shape index (κ3) is 4.98. The average molecular weight is 600 g/mol. The van der Waals surface area contributed by atoms with Crippen LogP contribution >= 0.6 is 27.5 Å². The molecule has 0 unspecified atom stereocenters. The average Bonchev–Trinajstić information content (AvgIpc) is 3.42. The maximum absolute atomic E-state index is 14.6. The van der Waals surface area contributed by atoms with Gasteiger partial charge in [-0.3, -0.25) is 0 Å². The summed E-state index contributed by atoms with van der Waals surface area (Å²) in [5, 5.41) is 3.61. The van der Waals surface area contributed by atoms with Gasteiger partial charge in [-0.15, -0.1) is 0 Å². The van der Waals surface area contributed by atoms with Gasteiger partial charge in [-0.2, -0.15) is 0 Å². The number of nitrogens with zero attached hydrogens (tertiary/aromatic N) is 3. The van der Waals surface area contributed by atoms with Crippen molar-refractivity contribution in [3.05, 3.63) is 45.9 Å². The lowest BCUT2D eigenvalue weighted by Crippen LogP contribution is -2.29. The van der Waals surface area contributed by atoms with Crippen LogP contribution in [0.2, 0.25) is 5.02 Å². The Morgan fingerprint density at radius 3 is 2.58 bits per heavy atom. The van der Waals surface area contributed by atoms with Gasteiger partial charge in [0, 0.05) is 29.0 Å². The summed E-state index contributed by atoms with van der Waals surface area (Å²) in [4.78, 5) is 8.63. The summed E-state index contributed by atoms with van der Waals surface area (Å²) in [5.41, 5.74) is 0.794. The molecule has 2 fully saturated rings. The topological polar surface area (TPSA) is 93.7 Å². The summed E-state index contributed by atoms with van der Waals surface area (Å²) < 4.78 is 52.1. The third-order valence-electron chi connectivity index (χ3n) is 6.97. The normalized spacial score (nSPS) is 22.1. The van der Waals surface area contributed by atoms with E-state index in [9.17, 15) is 12.8 Å². The monoisotopic (exact) mass is 598 g/mol. The molecule has 1 N–H and O–H groups in total. The number of rotatable bonds is 7. The van der Waals surface area contributed by atoms with Crippen molar-refractivity contribution in [2.45, 2.75) is 12.8 Å². The fourth-order valence-electron chi connectivity index (χ4n) is 5.18. The molecule has 2 aliphatic rings. The largest absolute Gasteiger partial charge is 0.493 e. The Balaban J connectivity index is 1.32. The minimum Gasteiger partial charge on any atom is -0.493 e. The number of hydrogen-bond acceptors (Lipinski definition) is 7. The van der Waals surface area contributed by atoms with E-state index in [4.69, 9.17) is 21.1 Å². The first-order valence-corrected chi connectivity index (χ1v) is 14.5. The first-order valence-electron chi connectivity index (χ1n) is 11.4. The molecule has 2 heterocycles. The molecule has 0 spiro atoms. The Labute approximate surface area is 222 Å². The summed E-state index contributed by atoms with van der Waals surface area (Å²) >= 11 is 9.24. The van der Waals surface area contributed by atoms with Gasteiger partial charge in [-0.25, -0.2) is 27.1 Å². The highest BCUT2D eigenvalue weighted by molar-refractivity contribution is 9.10. The second-order valence-corrected chi connectivity index (χ2v) is 12.6. The first kappa shape index (κ1) is 25.4. The van der Waals surface area contributed by atoms with Gasteiger partial charge in [0.05, 0.1) is 36.2 Å². The molecule has 8 nitrogen and oxygen atoms in total. The van der Waals surface area contributed by atoms with E-state index in [0.717, 1.165) is 12.8 Å². The van der Waals surface area contributed by atoms with Crippen LogP contribution < -0.4 is 14.8 Å². The lowest BCUT2D eigenvalue weighted by atomic mass is 10.0. The van der Waals surface area contributed by atoms with Crippen LogP contribution in [0.4, 0.5) is 15.9 Å². The molecule has 1 aromatic heterocycles. The molecule has 3 aromatic rings. The number of ether oxygens (including phenoxy) is 2. The van der Waals surface area contributed by atoms with E-state index in [1.54, 1.807) is 35.7 Å². The molecule has 1 saturated heterocycles. The van der Waals surface area contributed by atoms with Crippen molar-refractivity contribution in [3.8, 4) is 11.5 Å². The van der Waals surface area contributed by atoms with Crippen LogP contribution in [0.15, 0.2) is 35.1 Å². The first-order chi connectivity index (χ1) is 17.1. The quantitative estimate of drug-likeness (QED) is 0.372. The minimum atomic E-state index is -3.14. The summed E-state index contributed by atoms with van der Waals surface area (Å²) in [5.74, 6) is 1.97. The van der Waals surface area contributed by atoms with Gasteiger partial charge < -0.3 is 14.8 Å². The number of benzene rings is 2. The molecular weight excluding hydrogens is 575 g/mol. The van der Waals surface area contributed by atoms with Crippen molar-refractivity contribution in [3.63, 3.8) is 0 Å². The van der Waals surface area contributed by atoms with Crippen molar-refractivity contribution in [2.24, 2.45) is 17.8 Å². The summed E-state index contributed by atoms with van der Waals surface area (Å²) in [6.07, 6.45) is 4.54. The molecule has 1 aliphatic carbocycles. The van der Waals surface area contributed by atoms with Crippen LogP contribution in [-0.4, -0.2) is 55.8 Å². The lowest BCUT2D eigenvalue weighted by Gasteiger charge is -2.18. The van der Waals surface area contributed by atoms with Crippen LogP contribution in [0.3, 0.4) is 0 Å². The number of aromatic nitrogens is 2. The fourth-order valence-corrected chi connectivity index (χ4v) is 6.58. The third-order valence-corrected chi connectivity index (χ3v) is 9.46. The van der Waals surface area contributed by atoms with E-state index in [1.165, 1.54) is 12.6 Å². The highest BCUT2D eigenvalue weighted by Crippen LogP contribution is 2.43. The van der Waals surface area contributed by atoms with Gasteiger partial charge in [-0.05, 0) is 64.7 Å². The van der Waals surface area contributed by atoms with Gasteiger partial charge in [0.1, 0.15) is 12.1 Å². The molecule has 0 amide bonds. The molecule has 5 rings (SSSR count). The highest BCUT2D eigenvalue weighted by atomic mass is 79.9. The van der Waals surface area contributed by atoms with Gasteiger partial charge in [0.2, 0.25) is 10.0 Å². The Hall–Kier alpha value is -2.21. The molecule has 1 saturated carbocycles. The van der Waals surface area contributed by atoms with Crippen molar-refractivity contribution < 1.29 is 22.3 Å². The predicted octanol–water partition coefficient (Wildman–Crippen LogP) is 5.23. The molecule has 0 bridgehead atoms. The molecule has 192 valence electrons. The predicted molar refractivity (Wildman–Crippen MR) is 140 cm³/mol. The van der Waals surface area contributed by atoms with Gasteiger partial charge in [0.25, 0.3) is 0 Å². The Morgan fingerprint density at radius 2 is 1.92 bits per heavy atom. The van der Waals surface area contributed by atoms with Crippen molar-refractivity contribution >= 4 is 60.0 Å². The minimum absolute atomic E-state index is 0.0216. The number of methoxy groups -OCH3 is 1. The zero-order chi connectivity index (χ0) is 25.6. The standard InChI is InChI=1S/C24H25BrClFN4O4S/c1-34-20-7-16-19(28-12-29-24(16)30-18-4-3-17(25)22(26)23(18)27)8-21(20)35-11-13-5-14-9-31(36(2,32)33)10-15(14)6-13/h3-4,7-8,12-15H,5-6,9-11H2,1-2H3,(H,28,29,30)/t13-,14+,15-. The van der Waals surface area contributed by atoms with E-state index in [-0.39, 0.29) is 10.7 Å². The van der Waals surface area contributed by atoms with Gasteiger partial charge >= 0.3 is 0 Å². The molecular formula is C24H25BrClFN4O4S.